The summed E-state index contributed by atoms with van der Waals surface area (Å²) in [4.78, 5) is 13.2. The fourth-order valence-electron chi connectivity index (χ4n) is 1.87. The summed E-state index contributed by atoms with van der Waals surface area (Å²) < 4.78 is 1.86. The molecule has 2 rings (SSSR count). The Kier molecular flexibility index (Phi) is 4.06. The molecule has 19 heavy (non-hydrogen) atoms. The third-order valence-corrected chi connectivity index (χ3v) is 2.76. The molecule has 0 saturated heterocycles. The van der Waals surface area contributed by atoms with Gasteiger partial charge in [0.05, 0.1) is 0 Å². The molecular formula is C12H19N7. The van der Waals surface area contributed by atoms with E-state index in [1.807, 2.05) is 18.5 Å². The maximum Gasteiger partial charge on any atom is 0.152 e. The van der Waals surface area contributed by atoms with Crippen LogP contribution in [0.5, 0.6) is 0 Å². The fourth-order valence-corrected chi connectivity index (χ4v) is 1.87. The maximum absolute atomic E-state index is 5.39. The molecule has 0 saturated carbocycles. The highest BCUT2D eigenvalue weighted by Crippen LogP contribution is 2.08. The Balaban J connectivity index is 2.29. The molecule has 102 valence electrons. The first kappa shape index (κ1) is 13.4. The summed E-state index contributed by atoms with van der Waals surface area (Å²) in [5, 5.41) is 4.45. The minimum absolute atomic E-state index is 0.506. The van der Waals surface area contributed by atoms with E-state index in [2.05, 4.69) is 32.4 Å². The average Bonchev–Trinajstić information content (AvgIpc) is 2.80. The molecule has 0 fully saturated rings. The second kappa shape index (κ2) is 5.75. The molecule has 0 bridgehead atoms. The lowest BCUT2D eigenvalue weighted by molar-refractivity contribution is 0.612. The van der Waals surface area contributed by atoms with E-state index in [9.17, 15) is 0 Å². The van der Waals surface area contributed by atoms with Crippen LogP contribution in [-0.4, -0.2) is 24.7 Å². The van der Waals surface area contributed by atoms with Crippen molar-refractivity contribution in [1.82, 2.24) is 24.7 Å². The van der Waals surface area contributed by atoms with Crippen LogP contribution in [0.3, 0.4) is 0 Å². The van der Waals surface area contributed by atoms with Gasteiger partial charge in [-0.15, -0.1) is 0 Å². The molecule has 3 N–H and O–H groups in total. The van der Waals surface area contributed by atoms with E-state index in [-0.39, 0.29) is 0 Å². The molecule has 2 aromatic rings. The number of anilines is 1. The number of hydrazine groups is 1. The first-order chi connectivity index (χ1) is 9.16. The zero-order valence-corrected chi connectivity index (χ0v) is 11.5. The Bertz CT molecular complexity index is 561. The van der Waals surface area contributed by atoms with Gasteiger partial charge >= 0.3 is 0 Å². The van der Waals surface area contributed by atoms with Crippen LogP contribution in [0.25, 0.3) is 0 Å². The van der Waals surface area contributed by atoms with E-state index in [4.69, 9.17) is 5.84 Å². The van der Waals surface area contributed by atoms with Crippen LogP contribution in [-0.2, 0) is 19.4 Å². The number of nitrogens with zero attached hydrogens (tertiary/aromatic N) is 5. The van der Waals surface area contributed by atoms with Crippen molar-refractivity contribution < 1.29 is 0 Å². The van der Waals surface area contributed by atoms with Crippen LogP contribution in [0.15, 0.2) is 6.07 Å². The van der Waals surface area contributed by atoms with Gasteiger partial charge in [-0.05, 0) is 6.92 Å². The Morgan fingerprint density at radius 2 is 1.95 bits per heavy atom. The smallest absolute Gasteiger partial charge is 0.152 e. The number of nitrogen functional groups attached to an aromatic ring is 1. The van der Waals surface area contributed by atoms with E-state index in [0.29, 0.717) is 18.2 Å². The Hall–Kier alpha value is -2.02. The standard InChI is InChI=1S/C12H19N7/c1-4-9-16-12(5-2)19(18-9)7-11-14-8(3)6-10(15-11)17-13/h6H,4-5,7,13H2,1-3H3,(H,14,15,17). The number of rotatable bonds is 5. The molecule has 2 heterocycles. The molecule has 7 heteroatoms. The van der Waals surface area contributed by atoms with E-state index in [1.54, 1.807) is 6.07 Å². The molecule has 0 aliphatic carbocycles. The van der Waals surface area contributed by atoms with Crippen molar-refractivity contribution in [1.29, 1.82) is 0 Å². The summed E-state index contributed by atoms with van der Waals surface area (Å²) in [6.07, 6.45) is 1.66. The summed E-state index contributed by atoms with van der Waals surface area (Å²) in [6, 6.07) is 1.79. The van der Waals surface area contributed by atoms with E-state index >= 15 is 0 Å². The largest absolute Gasteiger partial charge is 0.308 e. The zero-order chi connectivity index (χ0) is 13.8. The Morgan fingerprint density at radius 3 is 2.58 bits per heavy atom. The highest BCUT2D eigenvalue weighted by Gasteiger charge is 2.10. The van der Waals surface area contributed by atoms with Gasteiger partial charge in [-0.2, -0.15) is 5.10 Å². The van der Waals surface area contributed by atoms with E-state index in [1.165, 1.54) is 0 Å². The molecule has 0 aliphatic rings. The topological polar surface area (TPSA) is 94.5 Å². The summed E-state index contributed by atoms with van der Waals surface area (Å²) in [5.74, 6) is 8.47. The van der Waals surface area contributed by atoms with Crippen molar-refractivity contribution in [2.24, 2.45) is 5.84 Å². The molecule has 0 spiro atoms. The first-order valence-electron chi connectivity index (χ1n) is 6.40. The number of nitrogens with two attached hydrogens (primary N) is 1. The van der Waals surface area contributed by atoms with Crippen LogP contribution in [0.2, 0.25) is 0 Å². The van der Waals surface area contributed by atoms with Gasteiger partial charge in [0.15, 0.2) is 11.6 Å². The summed E-state index contributed by atoms with van der Waals surface area (Å²) in [7, 11) is 0. The monoisotopic (exact) mass is 261 g/mol. The molecular weight excluding hydrogens is 242 g/mol. The molecule has 7 nitrogen and oxygen atoms in total. The van der Waals surface area contributed by atoms with Crippen LogP contribution >= 0.6 is 0 Å². The second-order valence-corrected chi connectivity index (χ2v) is 4.26. The summed E-state index contributed by atoms with van der Waals surface area (Å²) in [6.45, 7) is 6.51. The van der Waals surface area contributed by atoms with Crippen LogP contribution < -0.4 is 11.3 Å². The van der Waals surface area contributed by atoms with Gasteiger partial charge in [-0.25, -0.2) is 25.5 Å². The van der Waals surface area contributed by atoms with Crippen molar-refractivity contribution >= 4 is 5.82 Å². The van der Waals surface area contributed by atoms with Crippen molar-refractivity contribution in [3.05, 3.63) is 29.2 Å². The number of aryl methyl sites for hydroxylation is 3. The molecule has 0 amide bonds. The zero-order valence-electron chi connectivity index (χ0n) is 11.5. The third kappa shape index (κ3) is 3.05. The van der Waals surface area contributed by atoms with Gasteiger partial charge in [0, 0.05) is 24.6 Å². The Labute approximate surface area is 112 Å². The first-order valence-corrected chi connectivity index (χ1v) is 6.40. The van der Waals surface area contributed by atoms with Crippen LogP contribution in [0.1, 0.15) is 37.0 Å². The molecule has 0 unspecified atom stereocenters. The van der Waals surface area contributed by atoms with Crippen molar-refractivity contribution in [3.63, 3.8) is 0 Å². The lowest BCUT2D eigenvalue weighted by Gasteiger charge is -2.06. The van der Waals surface area contributed by atoms with Crippen LogP contribution in [0.4, 0.5) is 5.82 Å². The Morgan fingerprint density at radius 1 is 1.16 bits per heavy atom. The number of hydrogen-bond acceptors (Lipinski definition) is 6. The molecule has 0 aliphatic heterocycles. The van der Waals surface area contributed by atoms with Gasteiger partial charge < -0.3 is 5.43 Å². The van der Waals surface area contributed by atoms with Gasteiger partial charge in [0.1, 0.15) is 18.2 Å². The number of aromatic nitrogens is 5. The van der Waals surface area contributed by atoms with Gasteiger partial charge in [-0.1, -0.05) is 13.8 Å². The van der Waals surface area contributed by atoms with Crippen LogP contribution in [0, 0.1) is 6.92 Å². The second-order valence-electron chi connectivity index (χ2n) is 4.26. The summed E-state index contributed by atoms with van der Waals surface area (Å²) >= 11 is 0. The molecule has 2 aromatic heterocycles. The lowest BCUT2D eigenvalue weighted by Crippen LogP contribution is -2.14. The summed E-state index contributed by atoms with van der Waals surface area (Å²) in [5.41, 5.74) is 3.41. The van der Waals surface area contributed by atoms with Crippen molar-refractivity contribution in [2.75, 3.05) is 5.43 Å². The quantitative estimate of drug-likeness (QED) is 0.611. The highest BCUT2D eigenvalue weighted by atomic mass is 15.4. The van der Waals surface area contributed by atoms with E-state index < -0.39 is 0 Å². The normalized spacial score (nSPS) is 10.7. The SMILES string of the molecule is CCc1nc(CC)n(Cc2nc(C)cc(NN)n2)n1. The van der Waals surface area contributed by atoms with Gasteiger partial charge in [0.2, 0.25) is 0 Å². The van der Waals surface area contributed by atoms with Crippen molar-refractivity contribution in [3.8, 4) is 0 Å². The van der Waals surface area contributed by atoms with Crippen molar-refractivity contribution in [2.45, 2.75) is 40.2 Å². The molecule has 0 atom stereocenters. The maximum atomic E-state index is 5.39. The minimum Gasteiger partial charge on any atom is -0.308 e. The number of nitrogens with one attached hydrogen (secondary N) is 1. The fraction of sp³-hybridized carbons (Fsp3) is 0.500. The number of hydrogen-bond donors (Lipinski definition) is 2. The molecule has 0 radical (unpaired) electrons. The van der Waals surface area contributed by atoms with E-state index in [0.717, 1.165) is 30.2 Å². The predicted octanol–water partition coefficient (Wildman–Crippen LogP) is 0.835. The highest BCUT2D eigenvalue weighted by molar-refractivity contribution is 5.33. The van der Waals surface area contributed by atoms with Gasteiger partial charge in [-0.3, -0.25) is 0 Å². The minimum atomic E-state index is 0.506. The molecule has 0 aromatic carbocycles. The van der Waals surface area contributed by atoms with Gasteiger partial charge in [0.25, 0.3) is 0 Å². The third-order valence-electron chi connectivity index (χ3n) is 2.76. The average molecular weight is 261 g/mol. The predicted molar refractivity (Wildman–Crippen MR) is 72.5 cm³/mol. The lowest BCUT2D eigenvalue weighted by atomic mass is 10.4.